The second-order valence-corrected chi connectivity index (χ2v) is 4.67. The monoisotopic (exact) mass is 269 g/mol. The summed E-state index contributed by atoms with van der Waals surface area (Å²) in [6, 6.07) is 7.47. The number of thioether (sulfide) groups is 1. The fourth-order valence-electron chi connectivity index (χ4n) is 1.36. The van der Waals surface area contributed by atoms with E-state index >= 15 is 0 Å². The Morgan fingerprint density at radius 2 is 2.06 bits per heavy atom. The topological polar surface area (TPSA) is 47.6 Å². The zero-order valence-corrected chi connectivity index (χ0v) is 11.8. The van der Waals surface area contributed by atoms with Crippen molar-refractivity contribution in [1.29, 1.82) is 0 Å². The highest BCUT2D eigenvalue weighted by atomic mass is 32.2. The number of carbonyl (C=O) groups excluding carboxylic acids is 1. The molecule has 1 aromatic carbocycles. The number of nitrogens with one attached hydrogen (secondary N) is 1. The van der Waals surface area contributed by atoms with Gasteiger partial charge < -0.3 is 14.8 Å². The van der Waals surface area contributed by atoms with Crippen molar-refractivity contribution in [2.24, 2.45) is 0 Å². The van der Waals surface area contributed by atoms with Crippen LogP contribution in [0.15, 0.2) is 29.2 Å². The maximum atomic E-state index is 11.6. The van der Waals surface area contributed by atoms with Gasteiger partial charge in [0.05, 0.1) is 13.7 Å². The van der Waals surface area contributed by atoms with E-state index in [9.17, 15) is 4.79 Å². The summed E-state index contributed by atoms with van der Waals surface area (Å²) < 4.78 is 10.1. The Hall–Kier alpha value is -1.20. The minimum atomic E-state index is -0.281. The molecule has 0 heterocycles. The average molecular weight is 269 g/mol. The van der Waals surface area contributed by atoms with Crippen molar-refractivity contribution < 1.29 is 14.3 Å². The molecule has 18 heavy (non-hydrogen) atoms. The molecule has 0 fully saturated rings. The van der Waals surface area contributed by atoms with Gasteiger partial charge in [0, 0.05) is 10.6 Å². The molecule has 1 unspecified atom stereocenters. The quantitative estimate of drug-likeness (QED) is 0.605. The molecule has 0 radical (unpaired) electrons. The molecule has 0 bridgehead atoms. The number of ether oxygens (including phenoxy) is 2. The third-order valence-corrected chi connectivity index (χ3v) is 3.50. The second-order valence-electron chi connectivity index (χ2n) is 3.58. The van der Waals surface area contributed by atoms with Crippen LogP contribution in [0.25, 0.3) is 0 Å². The van der Waals surface area contributed by atoms with Gasteiger partial charge in [-0.3, -0.25) is 4.79 Å². The largest absolute Gasteiger partial charge is 0.497 e. The first-order valence-electron chi connectivity index (χ1n) is 5.82. The van der Waals surface area contributed by atoms with Gasteiger partial charge in [-0.25, -0.2) is 0 Å². The SMILES string of the molecule is CCOC(=O)C(CSc1ccc(OC)cc1)NC. The Morgan fingerprint density at radius 3 is 2.56 bits per heavy atom. The number of carbonyl (C=O) groups is 1. The van der Waals surface area contributed by atoms with Gasteiger partial charge in [0.15, 0.2) is 0 Å². The number of likely N-dealkylation sites (N-methyl/N-ethyl adjacent to an activating group) is 1. The summed E-state index contributed by atoms with van der Waals surface area (Å²) in [7, 11) is 3.40. The van der Waals surface area contributed by atoms with Crippen LogP contribution >= 0.6 is 11.8 Å². The van der Waals surface area contributed by atoms with E-state index in [1.165, 1.54) is 0 Å². The summed E-state index contributed by atoms with van der Waals surface area (Å²) in [4.78, 5) is 12.7. The average Bonchev–Trinajstić information content (AvgIpc) is 2.40. The molecular weight excluding hydrogens is 250 g/mol. The predicted molar refractivity (Wildman–Crippen MR) is 73.2 cm³/mol. The van der Waals surface area contributed by atoms with Crippen LogP contribution in [0.4, 0.5) is 0 Å². The molecule has 1 aromatic rings. The van der Waals surface area contributed by atoms with E-state index in [2.05, 4.69) is 5.32 Å². The highest BCUT2D eigenvalue weighted by molar-refractivity contribution is 7.99. The van der Waals surface area contributed by atoms with Crippen molar-refractivity contribution in [3.63, 3.8) is 0 Å². The molecule has 0 saturated carbocycles. The summed E-state index contributed by atoms with van der Waals surface area (Å²) >= 11 is 1.61. The first-order chi connectivity index (χ1) is 8.71. The van der Waals surface area contributed by atoms with Crippen LogP contribution in [0.5, 0.6) is 5.75 Å². The molecule has 1 rings (SSSR count). The lowest BCUT2D eigenvalue weighted by Gasteiger charge is -2.14. The highest BCUT2D eigenvalue weighted by Gasteiger charge is 2.17. The van der Waals surface area contributed by atoms with Crippen molar-refractivity contribution >= 4 is 17.7 Å². The fourth-order valence-corrected chi connectivity index (χ4v) is 2.35. The number of rotatable bonds is 7. The molecule has 0 aromatic heterocycles. The van der Waals surface area contributed by atoms with Crippen LogP contribution in [0.1, 0.15) is 6.92 Å². The van der Waals surface area contributed by atoms with E-state index in [0.717, 1.165) is 10.6 Å². The molecule has 0 spiro atoms. The third kappa shape index (κ3) is 4.58. The van der Waals surface area contributed by atoms with Crippen LogP contribution in [0.3, 0.4) is 0 Å². The van der Waals surface area contributed by atoms with Crippen molar-refractivity contribution in [3.8, 4) is 5.75 Å². The Labute approximate surface area is 112 Å². The highest BCUT2D eigenvalue weighted by Crippen LogP contribution is 2.22. The van der Waals surface area contributed by atoms with E-state index in [1.54, 1.807) is 32.8 Å². The number of hydrogen-bond donors (Lipinski definition) is 1. The predicted octanol–water partition coefficient (Wildman–Crippen LogP) is 1.94. The lowest BCUT2D eigenvalue weighted by molar-refractivity contribution is -0.144. The first-order valence-corrected chi connectivity index (χ1v) is 6.80. The molecular formula is C13H19NO3S. The third-order valence-electron chi connectivity index (χ3n) is 2.40. The smallest absolute Gasteiger partial charge is 0.323 e. The summed E-state index contributed by atoms with van der Waals surface area (Å²) in [5, 5.41) is 2.96. The van der Waals surface area contributed by atoms with Gasteiger partial charge in [-0.05, 0) is 38.2 Å². The molecule has 1 atom stereocenters. The Balaban J connectivity index is 2.48. The Kier molecular flexibility index (Phi) is 6.60. The molecule has 0 aliphatic heterocycles. The first kappa shape index (κ1) is 14.9. The zero-order valence-electron chi connectivity index (χ0n) is 10.9. The Bertz CT molecular complexity index is 367. The van der Waals surface area contributed by atoms with E-state index in [-0.39, 0.29) is 12.0 Å². The van der Waals surface area contributed by atoms with Gasteiger partial charge in [0.2, 0.25) is 0 Å². The van der Waals surface area contributed by atoms with Gasteiger partial charge >= 0.3 is 5.97 Å². The Morgan fingerprint density at radius 1 is 1.39 bits per heavy atom. The van der Waals surface area contributed by atoms with Crippen LogP contribution in [0, 0.1) is 0 Å². The zero-order chi connectivity index (χ0) is 13.4. The lowest BCUT2D eigenvalue weighted by Crippen LogP contribution is -2.37. The van der Waals surface area contributed by atoms with E-state index in [4.69, 9.17) is 9.47 Å². The molecule has 100 valence electrons. The second kappa shape index (κ2) is 8.00. The van der Waals surface area contributed by atoms with Crippen LogP contribution < -0.4 is 10.1 Å². The molecule has 0 saturated heterocycles. The van der Waals surface area contributed by atoms with Crippen molar-refractivity contribution in [1.82, 2.24) is 5.32 Å². The van der Waals surface area contributed by atoms with Gasteiger partial charge in [-0.15, -0.1) is 11.8 Å². The molecule has 1 N–H and O–H groups in total. The van der Waals surface area contributed by atoms with Gasteiger partial charge in [-0.2, -0.15) is 0 Å². The maximum absolute atomic E-state index is 11.6. The van der Waals surface area contributed by atoms with E-state index < -0.39 is 0 Å². The van der Waals surface area contributed by atoms with E-state index in [0.29, 0.717) is 12.4 Å². The van der Waals surface area contributed by atoms with Crippen molar-refractivity contribution in [3.05, 3.63) is 24.3 Å². The normalized spacial score (nSPS) is 11.9. The van der Waals surface area contributed by atoms with Crippen molar-refractivity contribution in [2.75, 3.05) is 26.5 Å². The standard InChI is InChI=1S/C13H19NO3S/c1-4-17-13(15)12(14-2)9-18-11-7-5-10(16-3)6-8-11/h5-8,12,14H,4,9H2,1-3H3. The minimum Gasteiger partial charge on any atom is -0.497 e. The van der Waals surface area contributed by atoms with Crippen LogP contribution in [0.2, 0.25) is 0 Å². The lowest BCUT2D eigenvalue weighted by atomic mass is 10.3. The summed E-state index contributed by atoms with van der Waals surface area (Å²) in [5.74, 6) is 1.26. The van der Waals surface area contributed by atoms with Crippen LogP contribution in [-0.4, -0.2) is 38.5 Å². The number of hydrogen-bond acceptors (Lipinski definition) is 5. The molecule has 0 aliphatic rings. The molecule has 5 heteroatoms. The van der Waals surface area contributed by atoms with Gasteiger partial charge in [0.1, 0.15) is 11.8 Å². The fraction of sp³-hybridized carbons (Fsp3) is 0.462. The summed E-state index contributed by atoms with van der Waals surface area (Å²) in [5.41, 5.74) is 0. The number of methoxy groups -OCH3 is 1. The van der Waals surface area contributed by atoms with Crippen LogP contribution in [-0.2, 0) is 9.53 Å². The maximum Gasteiger partial charge on any atom is 0.323 e. The number of esters is 1. The molecule has 4 nitrogen and oxygen atoms in total. The molecule has 0 aliphatic carbocycles. The van der Waals surface area contributed by atoms with Crippen molar-refractivity contribution in [2.45, 2.75) is 17.9 Å². The van der Waals surface area contributed by atoms with Gasteiger partial charge in [-0.1, -0.05) is 0 Å². The summed E-state index contributed by atoms with van der Waals surface area (Å²) in [6.07, 6.45) is 0. The minimum absolute atomic E-state index is 0.207. The summed E-state index contributed by atoms with van der Waals surface area (Å²) in [6.45, 7) is 2.21. The molecule has 0 amide bonds. The number of benzene rings is 1. The van der Waals surface area contributed by atoms with Gasteiger partial charge in [0.25, 0.3) is 0 Å². The van der Waals surface area contributed by atoms with E-state index in [1.807, 2.05) is 24.3 Å².